The van der Waals surface area contributed by atoms with Crippen molar-refractivity contribution in [3.63, 3.8) is 0 Å². The van der Waals surface area contributed by atoms with Gasteiger partial charge in [-0.05, 0) is 41.2 Å². The molecule has 0 saturated carbocycles. The van der Waals surface area contributed by atoms with Crippen molar-refractivity contribution in [1.82, 2.24) is 4.31 Å². The van der Waals surface area contributed by atoms with Gasteiger partial charge in [0.15, 0.2) is 0 Å². The SMILES string of the molecule is Cc1ccc(S(=O)(=O)N2C(=O)CC(c3ccccc3)C2CC#C[Si](C(C)C)(C(C)C)C(C)C)cc1. The number of benzene rings is 2. The van der Waals surface area contributed by atoms with Crippen molar-refractivity contribution in [2.75, 3.05) is 0 Å². The predicted molar refractivity (Wildman–Crippen MR) is 146 cm³/mol. The van der Waals surface area contributed by atoms with Gasteiger partial charge in [-0.2, -0.15) is 0 Å². The molecule has 2 aromatic carbocycles. The molecule has 0 N–H and O–H groups in total. The molecule has 0 bridgehead atoms. The molecule has 188 valence electrons. The van der Waals surface area contributed by atoms with E-state index in [0.717, 1.165) is 15.4 Å². The van der Waals surface area contributed by atoms with E-state index >= 15 is 0 Å². The summed E-state index contributed by atoms with van der Waals surface area (Å²) < 4.78 is 28.5. The van der Waals surface area contributed by atoms with Crippen molar-refractivity contribution in [3.05, 3.63) is 65.7 Å². The fraction of sp³-hybridized carbons (Fsp3) is 0.483. The van der Waals surface area contributed by atoms with Crippen molar-refractivity contribution < 1.29 is 13.2 Å². The fourth-order valence-corrected chi connectivity index (χ4v) is 12.8. The summed E-state index contributed by atoms with van der Waals surface area (Å²) >= 11 is 0. The highest BCUT2D eigenvalue weighted by Crippen LogP contribution is 2.42. The normalized spacial score (nSPS) is 18.9. The van der Waals surface area contributed by atoms with Gasteiger partial charge >= 0.3 is 0 Å². The highest BCUT2D eigenvalue weighted by Gasteiger charge is 2.47. The maximum Gasteiger partial charge on any atom is 0.266 e. The first kappa shape index (κ1) is 27.2. The summed E-state index contributed by atoms with van der Waals surface area (Å²) in [5.41, 5.74) is 7.12. The second kappa shape index (κ2) is 10.7. The molecule has 1 aliphatic rings. The van der Waals surface area contributed by atoms with Gasteiger partial charge in [-0.1, -0.05) is 89.6 Å². The van der Waals surface area contributed by atoms with Gasteiger partial charge in [0.05, 0.1) is 10.9 Å². The Kier molecular flexibility index (Phi) is 8.34. The van der Waals surface area contributed by atoms with Crippen LogP contribution in [0.2, 0.25) is 16.6 Å². The Morgan fingerprint density at radius 2 is 1.46 bits per heavy atom. The first-order chi connectivity index (χ1) is 16.4. The minimum absolute atomic E-state index is 0.151. The molecule has 6 heteroatoms. The molecule has 0 spiro atoms. The topological polar surface area (TPSA) is 54.5 Å². The van der Waals surface area contributed by atoms with Crippen LogP contribution in [0.3, 0.4) is 0 Å². The van der Waals surface area contributed by atoms with E-state index in [2.05, 4.69) is 53.0 Å². The molecule has 3 rings (SSSR count). The molecule has 1 fully saturated rings. The Morgan fingerprint density at radius 1 is 0.914 bits per heavy atom. The van der Waals surface area contributed by atoms with Crippen LogP contribution in [0.4, 0.5) is 0 Å². The zero-order valence-corrected chi connectivity index (χ0v) is 23.9. The van der Waals surface area contributed by atoms with Crippen LogP contribution in [0.25, 0.3) is 0 Å². The summed E-state index contributed by atoms with van der Waals surface area (Å²) in [4.78, 5) is 13.4. The first-order valence-corrected chi connectivity index (χ1v) is 16.3. The van der Waals surface area contributed by atoms with Crippen molar-refractivity contribution >= 4 is 24.0 Å². The average Bonchev–Trinajstić information content (AvgIpc) is 3.13. The fourth-order valence-electron chi connectivity index (χ4n) is 5.91. The third-order valence-corrected chi connectivity index (χ3v) is 15.9. The van der Waals surface area contributed by atoms with E-state index in [9.17, 15) is 13.2 Å². The predicted octanol–water partition coefficient (Wildman–Crippen LogP) is 6.68. The van der Waals surface area contributed by atoms with Gasteiger partial charge in [0.1, 0.15) is 8.07 Å². The van der Waals surface area contributed by atoms with E-state index in [-0.39, 0.29) is 23.1 Å². The minimum Gasteiger partial charge on any atom is -0.274 e. The van der Waals surface area contributed by atoms with Crippen LogP contribution in [-0.4, -0.2) is 32.7 Å². The highest BCUT2D eigenvalue weighted by atomic mass is 32.2. The maximum atomic E-state index is 13.7. The summed E-state index contributed by atoms with van der Waals surface area (Å²) in [6, 6.07) is 16.0. The number of hydrogen-bond acceptors (Lipinski definition) is 3. The number of carbonyl (C=O) groups is 1. The Bertz CT molecular complexity index is 1170. The van der Waals surface area contributed by atoms with Gasteiger partial charge in [-0.25, -0.2) is 12.7 Å². The molecule has 2 aromatic rings. The number of hydrogen-bond donors (Lipinski definition) is 0. The lowest BCUT2D eigenvalue weighted by atomic mass is 9.90. The Labute approximate surface area is 213 Å². The van der Waals surface area contributed by atoms with E-state index in [1.165, 1.54) is 0 Å². The van der Waals surface area contributed by atoms with Crippen LogP contribution in [0.15, 0.2) is 59.5 Å². The average molecular weight is 510 g/mol. The van der Waals surface area contributed by atoms with E-state index in [4.69, 9.17) is 0 Å². The van der Waals surface area contributed by atoms with E-state index in [0.29, 0.717) is 23.0 Å². The van der Waals surface area contributed by atoms with E-state index in [1.807, 2.05) is 37.3 Å². The summed E-state index contributed by atoms with van der Waals surface area (Å²) in [5.74, 6) is 2.88. The molecule has 1 aliphatic heterocycles. The van der Waals surface area contributed by atoms with Gasteiger partial charge < -0.3 is 0 Å². The van der Waals surface area contributed by atoms with Crippen LogP contribution in [0.5, 0.6) is 0 Å². The molecule has 4 nitrogen and oxygen atoms in total. The van der Waals surface area contributed by atoms with Gasteiger partial charge in [-0.3, -0.25) is 4.79 Å². The summed E-state index contributed by atoms with van der Waals surface area (Å²) in [6.45, 7) is 15.5. The lowest BCUT2D eigenvalue weighted by Gasteiger charge is -2.38. The van der Waals surface area contributed by atoms with Crippen molar-refractivity contribution in [2.45, 2.75) is 94.8 Å². The lowest BCUT2D eigenvalue weighted by molar-refractivity contribution is -0.124. The van der Waals surface area contributed by atoms with Crippen molar-refractivity contribution in [2.24, 2.45) is 0 Å². The third kappa shape index (κ3) is 5.27. The first-order valence-electron chi connectivity index (χ1n) is 12.6. The zero-order valence-electron chi connectivity index (χ0n) is 22.1. The highest BCUT2D eigenvalue weighted by molar-refractivity contribution is 7.89. The molecule has 35 heavy (non-hydrogen) atoms. The molecule has 1 saturated heterocycles. The molecule has 0 aliphatic carbocycles. The summed E-state index contributed by atoms with van der Waals surface area (Å²) in [5, 5.41) is 0. The third-order valence-electron chi connectivity index (χ3n) is 7.69. The van der Waals surface area contributed by atoms with Gasteiger partial charge in [0.25, 0.3) is 10.0 Å². The molecule has 0 aromatic heterocycles. The Morgan fingerprint density at radius 3 is 1.97 bits per heavy atom. The van der Waals surface area contributed by atoms with Crippen LogP contribution in [0, 0.1) is 18.4 Å². The number of carbonyl (C=O) groups excluding carboxylic acids is 1. The number of amides is 1. The Hall–Kier alpha value is -2.36. The van der Waals surface area contributed by atoms with Crippen molar-refractivity contribution in [1.29, 1.82) is 0 Å². The molecule has 2 atom stereocenters. The molecule has 1 amide bonds. The molecule has 0 radical (unpaired) electrons. The van der Waals surface area contributed by atoms with Crippen LogP contribution in [0.1, 0.15) is 71.4 Å². The number of sulfonamides is 1. The van der Waals surface area contributed by atoms with Crippen LogP contribution >= 0.6 is 0 Å². The van der Waals surface area contributed by atoms with Crippen LogP contribution < -0.4 is 0 Å². The number of nitrogens with zero attached hydrogens (tertiary/aromatic N) is 1. The van der Waals surface area contributed by atoms with Crippen molar-refractivity contribution in [3.8, 4) is 11.5 Å². The smallest absolute Gasteiger partial charge is 0.266 e. The molecular weight excluding hydrogens is 470 g/mol. The van der Waals surface area contributed by atoms with Gasteiger partial charge in [0.2, 0.25) is 5.91 Å². The second-order valence-electron chi connectivity index (χ2n) is 10.7. The molecule has 2 unspecified atom stereocenters. The standard InChI is InChI=1S/C29H39NO3SSi/c1-21(2)35(22(3)4,23(5)6)19-11-14-28-27(25-12-9-8-10-13-25)20-29(31)30(28)34(32,33)26-17-15-24(7)16-18-26/h8-10,12-13,15-18,21-23,27-28H,14,20H2,1-7H3. The van der Waals surface area contributed by atoms with E-state index < -0.39 is 24.1 Å². The summed E-state index contributed by atoms with van der Waals surface area (Å²) in [7, 11) is -5.95. The lowest BCUT2D eigenvalue weighted by Crippen LogP contribution is -2.43. The van der Waals surface area contributed by atoms with E-state index in [1.54, 1.807) is 24.3 Å². The summed E-state index contributed by atoms with van der Waals surface area (Å²) in [6.07, 6.45) is 0.514. The van der Waals surface area contributed by atoms with Crippen LogP contribution in [-0.2, 0) is 14.8 Å². The van der Waals surface area contributed by atoms with Gasteiger partial charge in [-0.15, -0.1) is 11.5 Å². The largest absolute Gasteiger partial charge is 0.274 e. The molecular formula is C29H39NO3SSi. The van der Waals surface area contributed by atoms with Gasteiger partial charge in [0, 0.05) is 18.8 Å². The molecule has 1 heterocycles. The maximum absolute atomic E-state index is 13.7. The zero-order chi connectivity index (χ0) is 26.0. The Balaban J connectivity index is 2.08. The monoisotopic (exact) mass is 509 g/mol. The number of rotatable bonds is 7. The number of aryl methyl sites for hydroxylation is 1. The second-order valence-corrected chi connectivity index (χ2v) is 18.1. The quantitative estimate of drug-likeness (QED) is 0.309. The minimum atomic E-state index is -3.98.